The number of hydrogen-bond donors (Lipinski definition) is 1. The molecule has 120 valence electrons. The van der Waals surface area contributed by atoms with Crippen LogP contribution in [0.5, 0.6) is 0 Å². The van der Waals surface area contributed by atoms with E-state index in [9.17, 15) is 9.59 Å². The third kappa shape index (κ3) is 3.44. The number of amides is 2. The summed E-state index contributed by atoms with van der Waals surface area (Å²) in [6.45, 7) is 2.66. The van der Waals surface area contributed by atoms with Crippen LogP contribution in [0.2, 0.25) is 0 Å². The van der Waals surface area contributed by atoms with E-state index in [2.05, 4.69) is 12.3 Å². The van der Waals surface area contributed by atoms with Crippen molar-refractivity contribution in [2.45, 2.75) is 32.6 Å². The van der Waals surface area contributed by atoms with E-state index in [0.29, 0.717) is 18.7 Å². The summed E-state index contributed by atoms with van der Waals surface area (Å²) in [7, 11) is 0. The number of piperidine rings is 1. The minimum Gasteiger partial charge on any atom is -0.451 e. The summed E-state index contributed by atoms with van der Waals surface area (Å²) in [5, 5.41) is 1.38. The number of benzene rings is 1. The third-order valence-corrected chi connectivity index (χ3v) is 4.04. The van der Waals surface area contributed by atoms with Crippen molar-refractivity contribution in [1.82, 2.24) is 10.4 Å². The molecule has 0 bridgehead atoms. The Morgan fingerprint density at radius 2 is 1.96 bits per heavy atom. The van der Waals surface area contributed by atoms with Crippen LogP contribution in [0.15, 0.2) is 40.8 Å². The summed E-state index contributed by atoms with van der Waals surface area (Å²) in [6.07, 6.45) is 3.24. The summed E-state index contributed by atoms with van der Waals surface area (Å²) < 4.78 is 5.63. The van der Waals surface area contributed by atoms with Gasteiger partial charge in [0.25, 0.3) is 0 Å². The minimum atomic E-state index is -0.392. The summed E-state index contributed by atoms with van der Waals surface area (Å²) in [5.41, 5.74) is 4.80. The second-order valence-corrected chi connectivity index (χ2v) is 5.66. The molecule has 5 nitrogen and oxygen atoms in total. The highest BCUT2D eigenvalue weighted by Crippen LogP contribution is 2.23. The molecule has 1 aliphatic rings. The van der Waals surface area contributed by atoms with Gasteiger partial charge in [0.2, 0.25) is 5.91 Å². The van der Waals surface area contributed by atoms with Crippen LogP contribution in [0.4, 0.5) is 0 Å². The molecule has 0 unspecified atom stereocenters. The Labute approximate surface area is 135 Å². The molecule has 3 rings (SSSR count). The van der Waals surface area contributed by atoms with Crippen LogP contribution in [0.3, 0.4) is 0 Å². The zero-order chi connectivity index (χ0) is 16.2. The van der Waals surface area contributed by atoms with Crippen molar-refractivity contribution in [2.75, 3.05) is 6.54 Å². The van der Waals surface area contributed by atoms with Crippen LogP contribution in [-0.2, 0) is 11.2 Å². The van der Waals surface area contributed by atoms with Gasteiger partial charge in [0, 0.05) is 18.5 Å². The van der Waals surface area contributed by atoms with Gasteiger partial charge in [-0.25, -0.2) is 0 Å². The molecule has 0 saturated carbocycles. The number of aryl methyl sites for hydroxylation is 1. The summed E-state index contributed by atoms with van der Waals surface area (Å²) >= 11 is 0. The smallest absolute Gasteiger partial charge is 0.305 e. The van der Waals surface area contributed by atoms with E-state index in [-0.39, 0.29) is 11.7 Å². The molecule has 23 heavy (non-hydrogen) atoms. The van der Waals surface area contributed by atoms with Crippen molar-refractivity contribution >= 4 is 11.8 Å². The first-order valence-corrected chi connectivity index (χ1v) is 7.98. The Hall–Kier alpha value is -2.56. The lowest BCUT2D eigenvalue weighted by atomic mass is 10.1. The highest BCUT2D eigenvalue weighted by Gasteiger charge is 2.22. The normalized spacial score (nSPS) is 14.8. The number of nitrogens with one attached hydrogen (secondary N) is 1. The minimum absolute atomic E-state index is 0.0495. The van der Waals surface area contributed by atoms with E-state index in [1.807, 2.05) is 24.3 Å². The number of furan rings is 1. The fourth-order valence-corrected chi connectivity index (χ4v) is 2.62. The average molecular weight is 312 g/mol. The standard InChI is InChI=1S/C18H20N2O3/c1-2-13-6-8-14(9-7-13)15-10-11-16(23-15)18(22)19-20-12-4-3-5-17(20)21/h6-11H,2-5,12H2,1H3,(H,19,22). The Kier molecular flexibility index (Phi) is 4.46. The predicted octanol–water partition coefficient (Wildman–Crippen LogP) is 3.17. The zero-order valence-corrected chi connectivity index (χ0v) is 13.2. The summed E-state index contributed by atoms with van der Waals surface area (Å²) in [5.74, 6) is 0.406. The molecule has 0 spiro atoms. The molecule has 5 heteroatoms. The highest BCUT2D eigenvalue weighted by molar-refractivity contribution is 5.93. The van der Waals surface area contributed by atoms with Gasteiger partial charge in [0.15, 0.2) is 5.76 Å². The van der Waals surface area contributed by atoms with Gasteiger partial charge in [-0.1, -0.05) is 31.2 Å². The SMILES string of the molecule is CCc1ccc(-c2ccc(C(=O)NN3CCCCC3=O)o2)cc1. The summed E-state index contributed by atoms with van der Waals surface area (Å²) in [6, 6.07) is 11.5. The van der Waals surface area contributed by atoms with Crippen molar-refractivity contribution in [3.63, 3.8) is 0 Å². The van der Waals surface area contributed by atoms with Gasteiger partial charge < -0.3 is 4.42 Å². The predicted molar refractivity (Wildman–Crippen MR) is 86.6 cm³/mol. The van der Waals surface area contributed by atoms with Crippen molar-refractivity contribution in [3.8, 4) is 11.3 Å². The first kappa shape index (κ1) is 15.3. The number of carbonyl (C=O) groups is 2. The molecular weight excluding hydrogens is 292 g/mol. The van der Waals surface area contributed by atoms with Gasteiger partial charge in [0.05, 0.1) is 0 Å². The molecule has 1 saturated heterocycles. The van der Waals surface area contributed by atoms with Crippen molar-refractivity contribution < 1.29 is 14.0 Å². The molecule has 0 aliphatic carbocycles. The summed E-state index contributed by atoms with van der Waals surface area (Å²) in [4.78, 5) is 23.9. The molecule has 2 heterocycles. The lowest BCUT2D eigenvalue weighted by molar-refractivity contribution is -0.135. The van der Waals surface area contributed by atoms with Crippen LogP contribution < -0.4 is 5.43 Å². The van der Waals surface area contributed by atoms with Crippen LogP contribution in [0.1, 0.15) is 42.3 Å². The Bertz CT molecular complexity index is 703. The molecule has 0 radical (unpaired) electrons. The lowest BCUT2D eigenvalue weighted by Crippen LogP contribution is -2.48. The van der Waals surface area contributed by atoms with Crippen LogP contribution in [0.25, 0.3) is 11.3 Å². The van der Waals surface area contributed by atoms with Gasteiger partial charge in [0.1, 0.15) is 5.76 Å². The van der Waals surface area contributed by atoms with Gasteiger partial charge in [-0.3, -0.25) is 20.0 Å². The largest absolute Gasteiger partial charge is 0.451 e. The number of hydrogen-bond acceptors (Lipinski definition) is 3. The topological polar surface area (TPSA) is 62.6 Å². The maximum Gasteiger partial charge on any atom is 0.305 e. The second kappa shape index (κ2) is 6.69. The van der Waals surface area contributed by atoms with Crippen molar-refractivity contribution in [1.29, 1.82) is 0 Å². The van der Waals surface area contributed by atoms with E-state index in [0.717, 1.165) is 24.8 Å². The zero-order valence-electron chi connectivity index (χ0n) is 13.2. The molecule has 2 aromatic rings. The Morgan fingerprint density at radius 1 is 1.17 bits per heavy atom. The van der Waals surface area contributed by atoms with Crippen molar-refractivity contribution in [2.24, 2.45) is 0 Å². The first-order valence-electron chi connectivity index (χ1n) is 7.98. The van der Waals surface area contributed by atoms with Crippen LogP contribution >= 0.6 is 0 Å². The Morgan fingerprint density at radius 3 is 2.65 bits per heavy atom. The Balaban J connectivity index is 1.70. The van der Waals surface area contributed by atoms with E-state index in [1.54, 1.807) is 12.1 Å². The van der Waals surface area contributed by atoms with Crippen LogP contribution in [-0.4, -0.2) is 23.4 Å². The van der Waals surface area contributed by atoms with Crippen molar-refractivity contribution in [3.05, 3.63) is 47.7 Å². The van der Waals surface area contributed by atoms with Gasteiger partial charge >= 0.3 is 5.91 Å². The fraction of sp³-hybridized carbons (Fsp3) is 0.333. The maximum atomic E-state index is 12.2. The second-order valence-electron chi connectivity index (χ2n) is 5.66. The van der Waals surface area contributed by atoms with Gasteiger partial charge in [-0.15, -0.1) is 0 Å². The van der Waals surface area contributed by atoms with E-state index in [1.165, 1.54) is 10.6 Å². The maximum absolute atomic E-state index is 12.2. The van der Waals surface area contributed by atoms with E-state index >= 15 is 0 Å². The molecule has 1 fully saturated rings. The van der Waals surface area contributed by atoms with E-state index < -0.39 is 5.91 Å². The lowest BCUT2D eigenvalue weighted by Gasteiger charge is -2.26. The molecular formula is C18H20N2O3. The number of hydrazine groups is 1. The number of carbonyl (C=O) groups excluding carboxylic acids is 2. The number of nitrogens with zero attached hydrogens (tertiary/aromatic N) is 1. The monoisotopic (exact) mass is 312 g/mol. The van der Waals surface area contributed by atoms with Gasteiger partial charge in [-0.2, -0.15) is 0 Å². The fourth-order valence-electron chi connectivity index (χ4n) is 2.62. The highest BCUT2D eigenvalue weighted by atomic mass is 16.4. The average Bonchev–Trinajstić information content (AvgIpc) is 3.07. The van der Waals surface area contributed by atoms with Gasteiger partial charge in [-0.05, 0) is 37.0 Å². The van der Waals surface area contributed by atoms with E-state index in [4.69, 9.17) is 4.42 Å². The molecule has 1 aromatic carbocycles. The van der Waals surface area contributed by atoms with Crippen LogP contribution in [0, 0.1) is 0 Å². The first-order chi connectivity index (χ1) is 11.2. The molecule has 0 atom stereocenters. The molecule has 1 N–H and O–H groups in total. The molecule has 1 aliphatic heterocycles. The molecule has 2 amide bonds. The number of rotatable bonds is 4. The third-order valence-electron chi connectivity index (χ3n) is 4.04. The quantitative estimate of drug-likeness (QED) is 0.943. The molecule has 1 aromatic heterocycles.